The summed E-state index contributed by atoms with van der Waals surface area (Å²) in [5, 5.41) is 0.929. The lowest BCUT2D eigenvalue weighted by Gasteiger charge is -2.14. The molecule has 2 aliphatic rings. The van der Waals surface area contributed by atoms with Gasteiger partial charge in [-0.25, -0.2) is 9.59 Å². The summed E-state index contributed by atoms with van der Waals surface area (Å²) in [6.45, 7) is 6.75. The van der Waals surface area contributed by atoms with Crippen molar-refractivity contribution in [3.05, 3.63) is 22.4 Å². The van der Waals surface area contributed by atoms with Gasteiger partial charge in [-0.3, -0.25) is 0 Å². The summed E-state index contributed by atoms with van der Waals surface area (Å²) in [5.41, 5.74) is 1.63. The molecule has 0 N–H and O–H groups in total. The van der Waals surface area contributed by atoms with Crippen LogP contribution in [0.4, 0.5) is 0 Å². The zero-order chi connectivity index (χ0) is 15.4. The molecule has 0 aliphatic carbocycles. The normalized spacial score (nSPS) is 20.7. The van der Waals surface area contributed by atoms with Crippen molar-refractivity contribution in [3.8, 4) is 0 Å². The van der Waals surface area contributed by atoms with E-state index in [9.17, 15) is 9.59 Å². The minimum absolute atomic E-state index is 0.0689. The van der Waals surface area contributed by atoms with Gasteiger partial charge in [0, 0.05) is 30.5 Å². The monoisotopic (exact) mass is 311 g/mol. The van der Waals surface area contributed by atoms with Crippen molar-refractivity contribution >= 4 is 23.7 Å². The molecule has 116 valence electrons. The predicted octanol–water partition coefficient (Wildman–Crippen LogP) is 2.44. The first-order chi connectivity index (χ1) is 10.1. The van der Waals surface area contributed by atoms with Crippen molar-refractivity contribution in [2.45, 2.75) is 39.7 Å². The van der Waals surface area contributed by atoms with Gasteiger partial charge in [0.15, 0.2) is 0 Å². The SMILES string of the molecule is CCOC(=O)C=C1CSC2=C(C(=O)OC(C)CC)CCN12. The Labute approximate surface area is 129 Å². The quantitative estimate of drug-likeness (QED) is 0.574. The summed E-state index contributed by atoms with van der Waals surface area (Å²) in [6, 6.07) is 0. The Morgan fingerprint density at radius 1 is 1.43 bits per heavy atom. The number of esters is 2. The predicted molar refractivity (Wildman–Crippen MR) is 81.4 cm³/mol. The summed E-state index contributed by atoms with van der Waals surface area (Å²) in [7, 11) is 0. The molecule has 0 saturated carbocycles. The first-order valence-electron chi connectivity index (χ1n) is 7.28. The zero-order valence-corrected chi connectivity index (χ0v) is 13.5. The van der Waals surface area contributed by atoms with Crippen LogP contribution < -0.4 is 0 Å². The molecule has 1 atom stereocenters. The number of hydrogen-bond donors (Lipinski definition) is 0. The van der Waals surface area contributed by atoms with Crippen LogP contribution in [0.15, 0.2) is 22.4 Å². The Bertz CT molecular complexity index is 498. The van der Waals surface area contributed by atoms with Gasteiger partial charge >= 0.3 is 11.9 Å². The van der Waals surface area contributed by atoms with Gasteiger partial charge in [0.1, 0.15) is 0 Å². The highest BCUT2D eigenvalue weighted by Crippen LogP contribution is 2.42. The summed E-state index contributed by atoms with van der Waals surface area (Å²) in [5.74, 6) is 0.130. The molecule has 0 amide bonds. The highest BCUT2D eigenvalue weighted by Gasteiger charge is 2.35. The molecule has 0 spiro atoms. The lowest BCUT2D eigenvalue weighted by atomic mass is 10.2. The fourth-order valence-electron chi connectivity index (χ4n) is 2.22. The highest BCUT2D eigenvalue weighted by molar-refractivity contribution is 8.03. The van der Waals surface area contributed by atoms with E-state index in [1.54, 1.807) is 18.7 Å². The van der Waals surface area contributed by atoms with Crippen LogP contribution in [0.5, 0.6) is 0 Å². The van der Waals surface area contributed by atoms with Gasteiger partial charge in [-0.1, -0.05) is 6.92 Å². The molecule has 21 heavy (non-hydrogen) atoms. The van der Waals surface area contributed by atoms with E-state index in [0.717, 1.165) is 29.3 Å². The second-order valence-corrected chi connectivity index (χ2v) is 5.95. The lowest BCUT2D eigenvalue weighted by Crippen LogP contribution is -2.16. The Kier molecular flexibility index (Phi) is 5.33. The van der Waals surface area contributed by atoms with Crippen LogP contribution in [0.2, 0.25) is 0 Å². The van der Waals surface area contributed by atoms with Gasteiger partial charge in [-0.15, -0.1) is 11.8 Å². The molecule has 1 unspecified atom stereocenters. The minimum Gasteiger partial charge on any atom is -0.463 e. The molecule has 0 radical (unpaired) electrons. The van der Waals surface area contributed by atoms with E-state index < -0.39 is 0 Å². The fourth-order valence-corrected chi connectivity index (χ4v) is 3.47. The molecule has 2 rings (SSSR count). The Morgan fingerprint density at radius 2 is 2.19 bits per heavy atom. The molecular weight excluding hydrogens is 290 g/mol. The molecule has 0 aromatic rings. The third-order valence-electron chi connectivity index (χ3n) is 3.49. The highest BCUT2D eigenvalue weighted by atomic mass is 32.2. The van der Waals surface area contributed by atoms with Crippen LogP contribution in [-0.2, 0) is 19.1 Å². The molecule has 1 fully saturated rings. The Morgan fingerprint density at radius 3 is 2.86 bits per heavy atom. The van der Waals surface area contributed by atoms with E-state index >= 15 is 0 Å². The van der Waals surface area contributed by atoms with Crippen LogP contribution in [0.3, 0.4) is 0 Å². The van der Waals surface area contributed by atoms with Crippen LogP contribution in [0, 0.1) is 0 Å². The topological polar surface area (TPSA) is 55.8 Å². The third kappa shape index (κ3) is 3.61. The summed E-state index contributed by atoms with van der Waals surface area (Å²) in [4.78, 5) is 25.7. The van der Waals surface area contributed by atoms with Gasteiger partial charge in [-0.05, 0) is 20.3 Å². The average Bonchev–Trinajstić information content (AvgIpc) is 3.01. The first kappa shape index (κ1) is 15.9. The minimum atomic E-state index is -0.329. The van der Waals surface area contributed by atoms with Gasteiger partial charge in [-0.2, -0.15) is 0 Å². The van der Waals surface area contributed by atoms with E-state index in [2.05, 4.69) is 0 Å². The summed E-state index contributed by atoms with van der Waals surface area (Å²) >= 11 is 1.58. The number of carbonyl (C=O) groups excluding carboxylic acids is 2. The Balaban J connectivity index is 2.10. The zero-order valence-electron chi connectivity index (χ0n) is 12.7. The number of carbonyl (C=O) groups is 2. The molecule has 1 saturated heterocycles. The number of nitrogens with zero attached hydrogens (tertiary/aromatic N) is 1. The maximum atomic E-state index is 12.2. The number of ether oxygens (including phenoxy) is 2. The van der Waals surface area contributed by atoms with Gasteiger partial charge < -0.3 is 14.4 Å². The van der Waals surface area contributed by atoms with E-state index in [1.807, 2.05) is 18.7 Å². The van der Waals surface area contributed by atoms with Crippen LogP contribution in [0.1, 0.15) is 33.6 Å². The smallest absolute Gasteiger partial charge is 0.337 e. The van der Waals surface area contributed by atoms with Gasteiger partial charge in [0.2, 0.25) is 0 Å². The van der Waals surface area contributed by atoms with E-state index in [4.69, 9.17) is 9.47 Å². The number of hydrogen-bond acceptors (Lipinski definition) is 6. The largest absolute Gasteiger partial charge is 0.463 e. The molecular formula is C15H21NO4S. The van der Waals surface area contributed by atoms with E-state index in [1.165, 1.54) is 6.08 Å². The van der Waals surface area contributed by atoms with Gasteiger partial charge in [0.05, 0.1) is 23.3 Å². The molecule has 2 aliphatic heterocycles. The maximum absolute atomic E-state index is 12.2. The number of thioether (sulfide) groups is 1. The summed E-state index contributed by atoms with van der Waals surface area (Å²) in [6.07, 6.45) is 2.92. The van der Waals surface area contributed by atoms with Crippen LogP contribution in [-0.4, -0.2) is 41.8 Å². The fraction of sp³-hybridized carbons (Fsp3) is 0.600. The molecule has 0 aromatic heterocycles. The first-order valence-corrected chi connectivity index (χ1v) is 8.27. The van der Waals surface area contributed by atoms with Crippen molar-refractivity contribution < 1.29 is 19.1 Å². The van der Waals surface area contributed by atoms with Gasteiger partial charge in [0.25, 0.3) is 0 Å². The maximum Gasteiger partial charge on any atom is 0.337 e. The second kappa shape index (κ2) is 7.02. The van der Waals surface area contributed by atoms with E-state index in [0.29, 0.717) is 18.8 Å². The number of rotatable bonds is 5. The molecule has 0 aromatic carbocycles. The molecule has 6 heteroatoms. The Hall–Kier alpha value is -1.43. The number of fused-ring (bicyclic) bond motifs is 1. The second-order valence-electron chi connectivity index (χ2n) is 4.99. The van der Waals surface area contributed by atoms with Crippen molar-refractivity contribution in [1.82, 2.24) is 4.90 Å². The molecule has 2 heterocycles. The van der Waals surface area contributed by atoms with Crippen molar-refractivity contribution in [3.63, 3.8) is 0 Å². The third-order valence-corrected chi connectivity index (χ3v) is 4.67. The summed E-state index contributed by atoms with van der Waals surface area (Å²) < 4.78 is 10.3. The van der Waals surface area contributed by atoms with Crippen molar-refractivity contribution in [1.29, 1.82) is 0 Å². The average molecular weight is 311 g/mol. The van der Waals surface area contributed by atoms with Crippen LogP contribution in [0.25, 0.3) is 0 Å². The molecule has 0 bridgehead atoms. The standard InChI is InChI=1S/C15H21NO4S/c1-4-10(3)20-15(18)12-6-7-16-11(9-21-14(12)16)8-13(17)19-5-2/h8,10H,4-7,9H2,1-3H3. The van der Waals surface area contributed by atoms with Crippen molar-refractivity contribution in [2.75, 3.05) is 18.9 Å². The van der Waals surface area contributed by atoms with Crippen LogP contribution >= 0.6 is 11.8 Å². The molecule has 5 nitrogen and oxygen atoms in total. The van der Waals surface area contributed by atoms with E-state index in [-0.39, 0.29) is 18.0 Å². The lowest BCUT2D eigenvalue weighted by molar-refractivity contribution is -0.143. The van der Waals surface area contributed by atoms with Crippen molar-refractivity contribution in [2.24, 2.45) is 0 Å².